The van der Waals surface area contributed by atoms with Crippen LogP contribution in [0.3, 0.4) is 0 Å². The molecule has 1 unspecified atom stereocenters. The molecule has 2 aliphatic rings. The fraction of sp³-hybridized carbons (Fsp3) is 0.429. The van der Waals surface area contributed by atoms with Crippen LogP contribution in [0.2, 0.25) is 5.02 Å². The third-order valence-electron chi connectivity index (χ3n) is 3.90. The van der Waals surface area contributed by atoms with E-state index >= 15 is 0 Å². The molecule has 19 heavy (non-hydrogen) atoms. The van der Waals surface area contributed by atoms with Crippen LogP contribution in [0, 0.1) is 0 Å². The number of hydrogen-bond donors (Lipinski definition) is 1. The minimum Gasteiger partial charge on any atom is -0.368 e. The number of fused-ring (bicyclic) bond motifs is 1. The van der Waals surface area contributed by atoms with Crippen molar-refractivity contribution in [3.63, 3.8) is 0 Å². The first kappa shape index (κ1) is 12.5. The second kappa shape index (κ2) is 4.53. The summed E-state index contributed by atoms with van der Waals surface area (Å²) < 4.78 is 0. The predicted molar refractivity (Wildman–Crippen MR) is 75.1 cm³/mol. The molecule has 0 bridgehead atoms. The number of rotatable bonds is 1. The molecule has 1 N–H and O–H groups in total. The highest BCUT2D eigenvalue weighted by Gasteiger charge is 2.30. The Morgan fingerprint density at radius 1 is 1.32 bits per heavy atom. The molecule has 5 heteroatoms. The first-order valence-corrected chi connectivity index (χ1v) is 6.91. The van der Waals surface area contributed by atoms with E-state index in [2.05, 4.69) is 17.1 Å². The fourth-order valence-electron chi connectivity index (χ4n) is 2.83. The molecule has 0 spiro atoms. The smallest absolute Gasteiger partial charge is 0.296 e. The Balaban J connectivity index is 2.02. The molecule has 0 aromatic heterocycles. The molecule has 100 valence electrons. The maximum Gasteiger partial charge on any atom is 0.296 e. The summed E-state index contributed by atoms with van der Waals surface area (Å²) in [6.07, 6.45) is 3.51. The van der Waals surface area contributed by atoms with Gasteiger partial charge in [-0.2, -0.15) is 0 Å². The van der Waals surface area contributed by atoms with E-state index in [1.807, 2.05) is 6.07 Å². The molecule has 1 saturated heterocycles. The number of carbonyl (C=O) groups is 2. The molecule has 1 amide bonds. The van der Waals surface area contributed by atoms with Crippen molar-refractivity contribution in [2.24, 2.45) is 0 Å². The van der Waals surface area contributed by atoms with Crippen molar-refractivity contribution in [1.82, 2.24) is 0 Å². The minimum atomic E-state index is -0.574. The summed E-state index contributed by atoms with van der Waals surface area (Å²) in [5.74, 6) is -1.08. The maximum absolute atomic E-state index is 11.6. The lowest BCUT2D eigenvalue weighted by Gasteiger charge is -2.36. The predicted octanol–water partition coefficient (Wildman–Crippen LogP) is 2.85. The SMILES string of the molecule is CC1CCCCN1c1cc2c(cc1Cl)C(=O)C(=O)N2. The van der Waals surface area contributed by atoms with E-state index < -0.39 is 11.7 Å². The Kier molecular flexibility index (Phi) is 2.97. The average Bonchev–Trinajstić information content (AvgIpc) is 2.66. The second-order valence-corrected chi connectivity index (χ2v) is 5.58. The molecule has 1 aromatic carbocycles. The Morgan fingerprint density at radius 2 is 2.11 bits per heavy atom. The summed E-state index contributed by atoms with van der Waals surface area (Å²) >= 11 is 6.29. The van der Waals surface area contributed by atoms with E-state index in [-0.39, 0.29) is 0 Å². The maximum atomic E-state index is 11.6. The number of nitrogens with zero attached hydrogens (tertiary/aromatic N) is 1. The molecule has 1 fully saturated rings. The number of hydrogen-bond acceptors (Lipinski definition) is 3. The van der Waals surface area contributed by atoms with Crippen molar-refractivity contribution in [2.45, 2.75) is 32.2 Å². The van der Waals surface area contributed by atoms with Crippen molar-refractivity contribution < 1.29 is 9.59 Å². The van der Waals surface area contributed by atoms with E-state index in [4.69, 9.17) is 11.6 Å². The van der Waals surface area contributed by atoms with Crippen LogP contribution in [-0.4, -0.2) is 24.3 Å². The summed E-state index contributed by atoms with van der Waals surface area (Å²) in [4.78, 5) is 25.2. The van der Waals surface area contributed by atoms with Gasteiger partial charge in [-0.05, 0) is 38.3 Å². The van der Waals surface area contributed by atoms with Gasteiger partial charge in [0.1, 0.15) is 0 Å². The van der Waals surface area contributed by atoms with Gasteiger partial charge < -0.3 is 10.2 Å². The lowest BCUT2D eigenvalue weighted by Crippen LogP contribution is -2.37. The van der Waals surface area contributed by atoms with Gasteiger partial charge in [0.05, 0.1) is 22.0 Å². The average molecular weight is 279 g/mol. The van der Waals surface area contributed by atoms with Crippen LogP contribution in [0.1, 0.15) is 36.5 Å². The number of benzene rings is 1. The summed E-state index contributed by atoms with van der Waals surface area (Å²) in [5, 5.41) is 3.13. The highest BCUT2D eigenvalue weighted by Crippen LogP contribution is 2.37. The Bertz CT molecular complexity index is 571. The molecule has 0 aliphatic carbocycles. The first-order valence-electron chi connectivity index (χ1n) is 6.54. The van der Waals surface area contributed by atoms with E-state index in [0.717, 1.165) is 25.1 Å². The van der Waals surface area contributed by atoms with Gasteiger partial charge in [-0.25, -0.2) is 0 Å². The fourth-order valence-corrected chi connectivity index (χ4v) is 3.10. The quantitative estimate of drug-likeness (QED) is 0.804. The van der Waals surface area contributed by atoms with E-state index in [1.165, 1.54) is 6.42 Å². The number of piperidine rings is 1. The molecule has 2 aliphatic heterocycles. The lowest BCUT2D eigenvalue weighted by molar-refractivity contribution is -0.112. The van der Waals surface area contributed by atoms with Crippen LogP contribution in [0.25, 0.3) is 0 Å². The number of nitrogens with one attached hydrogen (secondary N) is 1. The summed E-state index contributed by atoms with van der Waals surface area (Å²) in [6.45, 7) is 3.13. The van der Waals surface area contributed by atoms with Crippen LogP contribution in [0.15, 0.2) is 12.1 Å². The number of halogens is 1. The Morgan fingerprint density at radius 3 is 2.84 bits per heavy atom. The molecule has 0 radical (unpaired) electrons. The van der Waals surface area contributed by atoms with E-state index in [0.29, 0.717) is 22.3 Å². The van der Waals surface area contributed by atoms with Gasteiger partial charge >= 0.3 is 0 Å². The molecular formula is C14H15ClN2O2. The standard InChI is InChI=1S/C14H15ClN2O2/c1-8-4-2-3-5-17(8)12-7-11-9(6-10(12)15)13(18)14(19)16-11/h6-8H,2-5H2,1H3,(H,16,18,19). The zero-order chi connectivity index (χ0) is 13.6. The topological polar surface area (TPSA) is 49.4 Å². The molecule has 0 saturated carbocycles. The number of Topliss-reactive ketones (excluding diaryl/α,β-unsaturated/α-hetero) is 1. The summed E-state index contributed by atoms with van der Waals surface area (Å²) in [7, 11) is 0. The highest BCUT2D eigenvalue weighted by atomic mass is 35.5. The van der Waals surface area contributed by atoms with Gasteiger partial charge in [0.15, 0.2) is 0 Å². The zero-order valence-corrected chi connectivity index (χ0v) is 11.5. The summed E-state index contributed by atoms with van der Waals surface area (Å²) in [6, 6.07) is 3.85. The molecule has 3 rings (SSSR count). The van der Waals surface area contributed by atoms with Crippen LogP contribution < -0.4 is 10.2 Å². The van der Waals surface area contributed by atoms with Crippen molar-refractivity contribution in [2.75, 3.05) is 16.8 Å². The Labute approximate surface area is 116 Å². The monoisotopic (exact) mass is 278 g/mol. The summed E-state index contributed by atoms with van der Waals surface area (Å²) in [5.41, 5.74) is 1.86. The van der Waals surface area contributed by atoms with Gasteiger partial charge in [-0.15, -0.1) is 0 Å². The first-order chi connectivity index (χ1) is 9.08. The molecule has 1 atom stereocenters. The number of anilines is 2. The van der Waals surface area contributed by atoms with E-state index in [1.54, 1.807) is 6.07 Å². The number of ketones is 1. The normalized spacial score (nSPS) is 22.4. The number of carbonyl (C=O) groups excluding carboxylic acids is 2. The van der Waals surface area contributed by atoms with Gasteiger partial charge in [-0.1, -0.05) is 11.6 Å². The molecule has 2 heterocycles. The molecule has 1 aromatic rings. The van der Waals surface area contributed by atoms with Gasteiger partial charge in [-0.3, -0.25) is 9.59 Å². The number of amides is 1. The molecular weight excluding hydrogens is 264 g/mol. The lowest BCUT2D eigenvalue weighted by atomic mass is 10.0. The minimum absolute atomic E-state index is 0.378. The van der Waals surface area contributed by atoms with Crippen LogP contribution >= 0.6 is 11.6 Å². The van der Waals surface area contributed by atoms with Gasteiger partial charge in [0, 0.05) is 12.6 Å². The van der Waals surface area contributed by atoms with Crippen LogP contribution in [0.5, 0.6) is 0 Å². The molecule has 4 nitrogen and oxygen atoms in total. The third kappa shape index (κ3) is 2.00. The van der Waals surface area contributed by atoms with Crippen molar-refractivity contribution in [3.05, 3.63) is 22.7 Å². The van der Waals surface area contributed by atoms with E-state index in [9.17, 15) is 9.59 Å². The third-order valence-corrected chi connectivity index (χ3v) is 4.20. The largest absolute Gasteiger partial charge is 0.368 e. The van der Waals surface area contributed by atoms with Gasteiger partial charge in [0.2, 0.25) is 0 Å². The van der Waals surface area contributed by atoms with Crippen LogP contribution in [0.4, 0.5) is 11.4 Å². The van der Waals surface area contributed by atoms with Crippen molar-refractivity contribution in [3.8, 4) is 0 Å². The van der Waals surface area contributed by atoms with Crippen molar-refractivity contribution >= 4 is 34.7 Å². The van der Waals surface area contributed by atoms with Gasteiger partial charge in [0.25, 0.3) is 11.7 Å². The highest BCUT2D eigenvalue weighted by molar-refractivity contribution is 6.52. The van der Waals surface area contributed by atoms with Crippen molar-refractivity contribution in [1.29, 1.82) is 0 Å². The zero-order valence-electron chi connectivity index (χ0n) is 10.7. The Hall–Kier alpha value is -1.55. The second-order valence-electron chi connectivity index (χ2n) is 5.17. The van der Waals surface area contributed by atoms with Crippen LogP contribution in [-0.2, 0) is 4.79 Å².